The van der Waals surface area contributed by atoms with E-state index < -0.39 is 5.97 Å². The van der Waals surface area contributed by atoms with E-state index in [9.17, 15) is 9.59 Å². The number of carboxylic acids is 1. The molecule has 21 heavy (non-hydrogen) atoms. The Morgan fingerprint density at radius 1 is 1.38 bits per heavy atom. The maximum atomic E-state index is 11.7. The third kappa shape index (κ3) is 3.47. The van der Waals surface area contributed by atoms with E-state index in [1.165, 1.54) is 0 Å². The fourth-order valence-electron chi connectivity index (χ4n) is 2.06. The monoisotopic (exact) mass is 288 g/mol. The van der Waals surface area contributed by atoms with Gasteiger partial charge in [-0.15, -0.1) is 0 Å². The number of hydrogen-bond acceptors (Lipinski definition) is 4. The molecule has 0 aliphatic carbocycles. The number of aryl methyl sites for hydroxylation is 2. The quantitative estimate of drug-likeness (QED) is 0.874. The predicted molar refractivity (Wildman–Crippen MR) is 77.5 cm³/mol. The largest absolute Gasteiger partial charge is 0.496 e. The van der Waals surface area contributed by atoms with Crippen molar-refractivity contribution in [2.75, 3.05) is 7.11 Å². The van der Waals surface area contributed by atoms with Gasteiger partial charge in [0.25, 0.3) is 5.56 Å². The molecule has 6 heteroatoms. The van der Waals surface area contributed by atoms with Gasteiger partial charge in [0, 0.05) is 17.5 Å². The van der Waals surface area contributed by atoms with Crippen molar-refractivity contribution in [2.45, 2.75) is 19.8 Å². The number of carboxylic acid groups (broad SMARTS) is 1. The number of aromatic amines is 1. The van der Waals surface area contributed by atoms with Gasteiger partial charge in [0.15, 0.2) is 0 Å². The minimum absolute atomic E-state index is 0.0891. The molecule has 1 aromatic carbocycles. The summed E-state index contributed by atoms with van der Waals surface area (Å²) in [6.07, 6.45) is 0.0868. The highest BCUT2D eigenvalue weighted by Gasteiger charge is 2.09. The standard InChI is InChI=1S/C15H16N2O4/c1-9-7-10(3-5-13(9)21-2)12-8-11(4-6-14(18)19)15(20)17-16-12/h3,5,7-8H,4,6H2,1-2H3,(H,17,20)(H,18,19). The first kappa shape index (κ1) is 14.8. The molecule has 0 atom stereocenters. The van der Waals surface area contributed by atoms with Crippen LogP contribution in [0.1, 0.15) is 17.5 Å². The lowest BCUT2D eigenvalue weighted by molar-refractivity contribution is -0.136. The molecule has 2 aromatic rings. The van der Waals surface area contributed by atoms with Crippen LogP contribution in [0.25, 0.3) is 11.3 Å². The summed E-state index contributed by atoms with van der Waals surface area (Å²) in [5.74, 6) is -0.165. The summed E-state index contributed by atoms with van der Waals surface area (Å²) in [4.78, 5) is 22.3. The number of ether oxygens (including phenoxy) is 1. The third-order valence-corrected chi connectivity index (χ3v) is 3.18. The van der Waals surface area contributed by atoms with Crippen molar-refractivity contribution in [3.05, 3.63) is 45.7 Å². The molecular weight excluding hydrogens is 272 g/mol. The molecule has 0 bridgehead atoms. The Labute approximate surface area is 121 Å². The molecule has 0 saturated carbocycles. The minimum atomic E-state index is -0.937. The van der Waals surface area contributed by atoms with Crippen LogP contribution in [0.15, 0.2) is 29.1 Å². The zero-order valence-corrected chi connectivity index (χ0v) is 11.8. The van der Waals surface area contributed by atoms with Crippen molar-refractivity contribution in [3.8, 4) is 17.0 Å². The van der Waals surface area contributed by atoms with Gasteiger partial charge < -0.3 is 9.84 Å². The van der Waals surface area contributed by atoms with Crippen molar-refractivity contribution >= 4 is 5.97 Å². The highest BCUT2D eigenvalue weighted by atomic mass is 16.5. The number of carbonyl (C=O) groups is 1. The number of H-pyrrole nitrogens is 1. The second kappa shape index (κ2) is 6.21. The summed E-state index contributed by atoms with van der Waals surface area (Å²) < 4.78 is 5.20. The summed E-state index contributed by atoms with van der Waals surface area (Å²) in [5.41, 5.74) is 2.44. The van der Waals surface area contributed by atoms with Gasteiger partial charge in [-0.25, -0.2) is 5.10 Å². The van der Waals surface area contributed by atoms with Crippen molar-refractivity contribution < 1.29 is 14.6 Å². The summed E-state index contributed by atoms with van der Waals surface area (Å²) >= 11 is 0. The van der Waals surface area contributed by atoms with Crippen molar-refractivity contribution in [1.29, 1.82) is 0 Å². The average molecular weight is 288 g/mol. The Hall–Kier alpha value is -2.63. The first-order chi connectivity index (χ1) is 10.0. The molecule has 0 aliphatic heterocycles. The minimum Gasteiger partial charge on any atom is -0.496 e. The number of methoxy groups -OCH3 is 1. The fourth-order valence-corrected chi connectivity index (χ4v) is 2.06. The van der Waals surface area contributed by atoms with Crippen molar-refractivity contribution in [3.63, 3.8) is 0 Å². The zero-order chi connectivity index (χ0) is 15.4. The van der Waals surface area contributed by atoms with Gasteiger partial charge in [0.05, 0.1) is 12.8 Å². The van der Waals surface area contributed by atoms with Crippen molar-refractivity contribution in [1.82, 2.24) is 10.2 Å². The molecule has 110 valence electrons. The van der Waals surface area contributed by atoms with E-state index in [-0.39, 0.29) is 18.4 Å². The molecule has 1 aromatic heterocycles. The SMILES string of the molecule is COc1ccc(-c2cc(CCC(=O)O)c(=O)[nH]n2)cc1C. The van der Waals surface area contributed by atoms with Crippen molar-refractivity contribution in [2.24, 2.45) is 0 Å². The summed E-state index contributed by atoms with van der Waals surface area (Å²) in [5, 5.41) is 15.1. The molecule has 0 radical (unpaired) electrons. The van der Waals surface area contributed by atoms with Crippen LogP contribution in [0.2, 0.25) is 0 Å². The average Bonchev–Trinajstić information content (AvgIpc) is 2.46. The smallest absolute Gasteiger partial charge is 0.303 e. The third-order valence-electron chi connectivity index (χ3n) is 3.18. The van der Waals surface area contributed by atoms with Crippen LogP contribution >= 0.6 is 0 Å². The van der Waals surface area contributed by atoms with E-state index in [2.05, 4.69) is 10.2 Å². The molecular formula is C15H16N2O4. The number of aliphatic carboxylic acids is 1. The van der Waals surface area contributed by atoms with Crippen LogP contribution < -0.4 is 10.3 Å². The van der Waals surface area contributed by atoms with E-state index in [0.29, 0.717) is 11.3 Å². The maximum absolute atomic E-state index is 11.7. The predicted octanol–water partition coefficient (Wildman–Crippen LogP) is 1.77. The van der Waals surface area contributed by atoms with E-state index in [4.69, 9.17) is 9.84 Å². The number of hydrogen-bond donors (Lipinski definition) is 2. The van der Waals surface area contributed by atoms with E-state index in [1.807, 2.05) is 25.1 Å². The van der Waals surface area contributed by atoms with Gasteiger partial charge in [-0.2, -0.15) is 5.10 Å². The number of benzene rings is 1. The highest BCUT2D eigenvalue weighted by Crippen LogP contribution is 2.24. The van der Waals surface area contributed by atoms with Crippen LogP contribution in [-0.2, 0) is 11.2 Å². The van der Waals surface area contributed by atoms with Gasteiger partial charge in [0.2, 0.25) is 0 Å². The first-order valence-corrected chi connectivity index (χ1v) is 6.46. The molecule has 6 nitrogen and oxygen atoms in total. The van der Waals surface area contributed by atoms with E-state index >= 15 is 0 Å². The number of aromatic nitrogens is 2. The van der Waals surface area contributed by atoms with Crippen LogP contribution in [0.4, 0.5) is 0 Å². The van der Waals surface area contributed by atoms with Gasteiger partial charge in [-0.1, -0.05) is 0 Å². The summed E-state index contributed by atoms with van der Waals surface area (Å²) in [6.45, 7) is 1.92. The lowest BCUT2D eigenvalue weighted by Crippen LogP contribution is -2.15. The Kier molecular flexibility index (Phi) is 4.37. The Balaban J connectivity index is 2.36. The van der Waals surface area contributed by atoms with E-state index in [0.717, 1.165) is 16.9 Å². The second-order valence-corrected chi connectivity index (χ2v) is 4.69. The molecule has 2 N–H and O–H groups in total. The van der Waals surface area contributed by atoms with Gasteiger partial charge in [0.1, 0.15) is 5.75 Å². The summed E-state index contributed by atoms with van der Waals surface area (Å²) in [6, 6.07) is 7.20. The van der Waals surface area contributed by atoms with Gasteiger partial charge >= 0.3 is 5.97 Å². The van der Waals surface area contributed by atoms with Crippen LogP contribution in [0.5, 0.6) is 5.75 Å². The van der Waals surface area contributed by atoms with E-state index in [1.54, 1.807) is 13.2 Å². The fraction of sp³-hybridized carbons (Fsp3) is 0.267. The zero-order valence-electron chi connectivity index (χ0n) is 11.8. The summed E-state index contributed by atoms with van der Waals surface area (Å²) in [7, 11) is 1.60. The lowest BCUT2D eigenvalue weighted by Gasteiger charge is -2.07. The Morgan fingerprint density at radius 3 is 2.76 bits per heavy atom. The first-order valence-electron chi connectivity index (χ1n) is 6.46. The molecule has 1 heterocycles. The molecule has 2 rings (SSSR count). The molecule has 0 unspecified atom stereocenters. The second-order valence-electron chi connectivity index (χ2n) is 4.69. The molecule has 0 aliphatic rings. The normalized spacial score (nSPS) is 10.4. The number of nitrogens with one attached hydrogen (secondary N) is 1. The highest BCUT2D eigenvalue weighted by molar-refractivity contribution is 5.67. The topological polar surface area (TPSA) is 92.3 Å². The maximum Gasteiger partial charge on any atom is 0.303 e. The van der Waals surface area contributed by atoms with Gasteiger partial charge in [-0.3, -0.25) is 9.59 Å². The molecule has 0 amide bonds. The van der Waals surface area contributed by atoms with Crippen LogP contribution in [0.3, 0.4) is 0 Å². The lowest BCUT2D eigenvalue weighted by atomic mass is 10.1. The Bertz CT molecular complexity index is 722. The van der Waals surface area contributed by atoms with Gasteiger partial charge in [-0.05, 0) is 43.2 Å². The number of nitrogens with zero attached hydrogens (tertiary/aromatic N) is 1. The van der Waals surface area contributed by atoms with Crippen LogP contribution in [-0.4, -0.2) is 28.4 Å². The Morgan fingerprint density at radius 2 is 2.14 bits per heavy atom. The van der Waals surface area contributed by atoms with Crippen LogP contribution in [0, 0.1) is 6.92 Å². The molecule has 0 saturated heterocycles. The molecule has 0 fully saturated rings. The number of rotatable bonds is 5. The molecule has 0 spiro atoms.